The van der Waals surface area contributed by atoms with Gasteiger partial charge in [-0.1, -0.05) is 24.3 Å². The lowest BCUT2D eigenvalue weighted by Crippen LogP contribution is -2.46. The smallest absolute Gasteiger partial charge is 0.255 e. The van der Waals surface area contributed by atoms with Crippen LogP contribution in [0.1, 0.15) is 10.4 Å². The van der Waals surface area contributed by atoms with Crippen molar-refractivity contribution in [3.8, 4) is 16.3 Å². The summed E-state index contributed by atoms with van der Waals surface area (Å²) in [5.74, 6) is -0.0734. The van der Waals surface area contributed by atoms with Gasteiger partial charge < -0.3 is 10.6 Å². The third-order valence-corrected chi connectivity index (χ3v) is 5.53. The molecule has 3 aromatic rings. The Kier molecular flexibility index (Phi) is 7.22. The van der Waals surface area contributed by atoms with Gasteiger partial charge in [0.05, 0.1) is 16.1 Å². The van der Waals surface area contributed by atoms with Crippen molar-refractivity contribution in [3.05, 3.63) is 59.6 Å². The van der Waals surface area contributed by atoms with Gasteiger partial charge in [0.1, 0.15) is 5.69 Å². The van der Waals surface area contributed by atoms with Crippen LogP contribution in [0.15, 0.2) is 54.0 Å². The van der Waals surface area contributed by atoms with E-state index in [1.165, 1.54) is 0 Å². The average Bonchev–Trinajstić information content (AvgIpc) is 3.39. The van der Waals surface area contributed by atoms with Crippen LogP contribution in [0.25, 0.3) is 16.3 Å². The molecular weight excluding hydrogens is 394 g/mol. The van der Waals surface area contributed by atoms with E-state index in [-0.39, 0.29) is 18.3 Å². The number of rotatable bonds is 6. The highest BCUT2D eigenvalue weighted by molar-refractivity contribution is 7.13. The molecule has 0 unspecified atom stereocenters. The summed E-state index contributed by atoms with van der Waals surface area (Å²) < 4.78 is 1.78. The van der Waals surface area contributed by atoms with Crippen LogP contribution in [0.3, 0.4) is 0 Å². The Hall–Kier alpha value is -2.19. The monoisotopic (exact) mass is 417 g/mol. The van der Waals surface area contributed by atoms with Gasteiger partial charge in [0.25, 0.3) is 5.91 Å². The molecule has 3 heterocycles. The fourth-order valence-electron chi connectivity index (χ4n) is 3.21. The number of amides is 1. The van der Waals surface area contributed by atoms with Crippen molar-refractivity contribution in [2.45, 2.75) is 0 Å². The number of halogens is 1. The summed E-state index contributed by atoms with van der Waals surface area (Å²) in [4.78, 5) is 16.2. The highest BCUT2D eigenvalue weighted by atomic mass is 35.5. The molecule has 1 aromatic carbocycles. The summed E-state index contributed by atoms with van der Waals surface area (Å²) in [6.45, 7) is 5.60. The van der Waals surface area contributed by atoms with Crippen molar-refractivity contribution < 1.29 is 4.79 Å². The van der Waals surface area contributed by atoms with Crippen LogP contribution >= 0.6 is 23.7 Å². The van der Waals surface area contributed by atoms with Gasteiger partial charge in [0, 0.05) is 45.5 Å². The molecule has 6 nitrogen and oxygen atoms in total. The van der Waals surface area contributed by atoms with Crippen LogP contribution in [0.4, 0.5) is 0 Å². The predicted molar refractivity (Wildman–Crippen MR) is 116 cm³/mol. The minimum Gasteiger partial charge on any atom is -0.351 e. The maximum atomic E-state index is 12.9. The third-order valence-electron chi connectivity index (χ3n) is 4.66. The van der Waals surface area contributed by atoms with Gasteiger partial charge >= 0.3 is 0 Å². The molecule has 148 valence electrons. The number of para-hydroxylation sites is 1. The average molecular weight is 418 g/mol. The Balaban J connectivity index is 0.00000225. The number of piperazine rings is 1. The predicted octanol–water partition coefficient (Wildman–Crippen LogP) is 2.66. The van der Waals surface area contributed by atoms with E-state index < -0.39 is 0 Å². The van der Waals surface area contributed by atoms with Gasteiger partial charge in [-0.3, -0.25) is 9.69 Å². The van der Waals surface area contributed by atoms with Crippen molar-refractivity contribution in [1.82, 2.24) is 25.3 Å². The molecule has 2 N–H and O–H groups in total. The lowest BCUT2D eigenvalue weighted by molar-refractivity contribution is 0.0948. The molecule has 0 bridgehead atoms. The summed E-state index contributed by atoms with van der Waals surface area (Å²) >= 11 is 1.59. The zero-order valence-electron chi connectivity index (χ0n) is 15.5. The van der Waals surface area contributed by atoms with Crippen LogP contribution < -0.4 is 10.6 Å². The zero-order valence-corrected chi connectivity index (χ0v) is 17.1. The standard InChI is InChI=1S/C20H23N5OS.ClH/c26-20(22-10-13-24-11-8-21-9-12-24)17-15-25(16-5-2-1-3-6-16)23-19(17)18-7-4-14-27-18;/h1-7,14-15,21H,8-13H2,(H,22,26);1H. The quantitative estimate of drug-likeness (QED) is 0.647. The second-order valence-corrected chi connectivity index (χ2v) is 7.44. The van der Waals surface area contributed by atoms with E-state index in [1.807, 2.05) is 54.0 Å². The molecule has 0 saturated carbocycles. The molecule has 4 rings (SSSR count). The van der Waals surface area contributed by atoms with Crippen molar-refractivity contribution in [2.24, 2.45) is 0 Å². The van der Waals surface area contributed by atoms with Gasteiger partial charge in [0.2, 0.25) is 0 Å². The van der Waals surface area contributed by atoms with E-state index in [4.69, 9.17) is 0 Å². The Bertz CT molecular complexity index is 875. The molecule has 0 radical (unpaired) electrons. The normalized spacial score (nSPS) is 14.4. The zero-order chi connectivity index (χ0) is 18.5. The van der Waals surface area contributed by atoms with Crippen molar-refractivity contribution in [2.75, 3.05) is 39.3 Å². The molecule has 2 aromatic heterocycles. The van der Waals surface area contributed by atoms with E-state index in [0.717, 1.165) is 49.0 Å². The molecule has 1 amide bonds. The van der Waals surface area contributed by atoms with Crippen molar-refractivity contribution >= 4 is 29.7 Å². The van der Waals surface area contributed by atoms with E-state index in [2.05, 4.69) is 20.6 Å². The topological polar surface area (TPSA) is 62.2 Å². The molecule has 1 fully saturated rings. The molecule has 1 aliphatic rings. The van der Waals surface area contributed by atoms with Crippen LogP contribution in [0, 0.1) is 0 Å². The lowest BCUT2D eigenvalue weighted by Gasteiger charge is -2.27. The number of benzene rings is 1. The van der Waals surface area contributed by atoms with Gasteiger partial charge in [-0.15, -0.1) is 23.7 Å². The van der Waals surface area contributed by atoms with Crippen molar-refractivity contribution in [1.29, 1.82) is 0 Å². The Morgan fingerprint density at radius 1 is 1.14 bits per heavy atom. The molecule has 28 heavy (non-hydrogen) atoms. The first kappa shape index (κ1) is 20.5. The first-order valence-corrected chi connectivity index (χ1v) is 10.1. The number of hydrogen-bond acceptors (Lipinski definition) is 5. The molecule has 8 heteroatoms. The number of hydrogen-bond donors (Lipinski definition) is 2. The van der Waals surface area contributed by atoms with E-state index in [1.54, 1.807) is 16.0 Å². The minimum absolute atomic E-state index is 0. The van der Waals surface area contributed by atoms with Gasteiger partial charge in [-0.2, -0.15) is 5.10 Å². The van der Waals surface area contributed by atoms with Crippen LogP contribution in [0.2, 0.25) is 0 Å². The second-order valence-electron chi connectivity index (χ2n) is 6.50. The summed E-state index contributed by atoms with van der Waals surface area (Å²) in [6, 6.07) is 13.9. The summed E-state index contributed by atoms with van der Waals surface area (Å²) in [6.07, 6.45) is 1.82. The SMILES string of the molecule is Cl.O=C(NCCN1CCNCC1)c1cn(-c2ccccc2)nc1-c1cccs1. The maximum Gasteiger partial charge on any atom is 0.255 e. The van der Waals surface area contributed by atoms with Gasteiger partial charge in [-0.05, 0) is 23.6 Å². The Morgan fingerprint density at radius 2 is 1.93 bits per heavy atom. The summed E-state index contributed by atoms with van der Waals surface area (Å²) in [7, 11) is 0. The fraction of sp³-hybridized carbons (Fsp3) is 0.300. The van der Waals surface area contributed by atoms with E-state index >= 15 is 0 Å². The van der Waals surface area contributed by atoms with Gasteiger partial charge in [-0.25, -0.2) is 4.68 Å². The third kappa shape index (κ3) is 4.80. The number of carbonyl (C=O) groups is 1. The molecule has 1 aliphatic heterocycles. The highest BCUT2D eigenvalue weighted by Crippen LogP contribution is 2.27. The lowest BCUT2D eigenvalue weighted by atomic mass is 10.2. The highest BCUT2D eigenvalue weighted by Gasteiger charge is 2.19. The first-order chi connectivity index (χ1) is 13.3. The second kappa shape index (κ2) is 9.84. The van der Waals surface area contributed by atoms with Crippen LogP contribution in [-0.2, 0) is 0 Å². The van der Waals surface area contributed by atoms with Crippen LogP contribution in [0.5, 0.6) is 0 Å². The van der Waals surface area contributed by atoms with Crippen molar-refractivity contribution in [3.63, 3.8) is 0 Å². The summed E-state index contributed by atoms with van der Waals surface area (Å²) in [5.41, 5.74) is 2.28. The number of nitrogens with zero attached hydrogens (tertiary/aromatic N) is 3. The number of carbonyl (C=O) groups excluding carboxylic acids is 1. The fourth-order valence-corrected chi connectivity index (χ4v) is 3.93. The molecular formula is C20H24ClN5OS. The summed E-state index contributed by atoms with van der Waals surface area (Å²) in [5, 5.41) is 13.1. The Morgan fingerprint density at radius 3 is 2.64 bits per heavy atom. The van der Waals surface area contributed by atoms with E-state index in [9.17, 15) is 4.79 Å². The first-order valence-electron chi connectivity index (χ1n) is 9.21. The Labute approximate surface area is 175 Å². The molecule has 0 aliphatic carbocycles. The molecule has 1 saturated heterocycles. The number of aromatic nitrogens is 2. The largest absolute Gasteiger partial charge is 0.351 e. The van der Waals surface area contributed by atoms with E-state index in [0.29, 0.717) is 12.1 Å². The number of nitrogens with one attached hydrogen (secondary N) is 2. The molecule has 0 spiro atoms. The molecule has 0 atom stereocenters. The number of thiophene rings is 1. The van der Waals surface area contributed by atoms with Crippen LogP contribution in [-0.4, -0.2) is 59.9 Å². The minimum atomic E-state index is -0.0734. The maximum absolute atomic E-state index is 12.9. The van der Waals surface area contributed by atoms with Gasteiger partial charge in [0.15, 0.2) is 0 Å².